The van der Waals surface area contributed by atoms with Crippen molar-refractivity contribution >= 4 is 40.6 Å². The van der Waals surface area contributed by atoms with Crippen molar-refractivity contribution in [3.8, 4) is 5.75 Å². The van der Waals surface area contributed by atoms with Gasteiger partial charge in [-0.3, -0.25) is 10.2 Å². The molecule has 2 aromatic rings. The van der Waals surface area contributed by atoms with Gasteiger partial charge in [0.15, 0.2) is 11.8 Å². The minimum absolute atomic E-state index is 0.0472. The Hall–Kier alpha value is -3.20. The van der Waals surface area contributed by atoms with Crippen molar-refractivity contribution in [3.63, 3.8) is 0 Å². The molecular formula is C18H16FN5O2S. The average molecular weight is 385 g/mol. The number of hydrogen-bond donors (Lipinski definition) is 4. The van der Waals surface area contributed by atoms with E-state index in [0.29, 0.717) is 22.6 Å². The van der Waals surface area contributed by atoms with Crippen LogP contribution in [0.2, 0.25) is 0 Å². The lowest BCUT2D eigenvalue weighted by atomic mass is 10.0. The molecule has 0 saturated carbocycles. The zero-order valence-electron chi connectivity index (χ0n) is 14.0. The second-order valence-electron chi connectivity index (χ2n) is 5.61. The third kappa shape index (κ3) is 4.32. The molecule has 1 aliphatic heterocycles. The SMILES string of the molecule is N=CN=C(N)SC(C(=N)c1ccc2c(c1)NC(=O)CO2)c1ccc(F)cc1. The Balaban J connectivity index is 1.96. The van der Waals surface area contributed by atoms with E-state index in [1.165, 1.54) is 12.1 Å². The Bertz CT molecular complexity index is 930. The first-order chi connectivity index (χ1) is 13.0. The summed E-state index contributed by atoms with van der Waals surface area (Å²) in [6.07, 6.45) is 0.819. The highest BCUT2D eigenvalue weighted by molar-refractivity contribution is 8.14. The molecule has 1 amide bonds. The fourth-order valence-corrected chi connectivity index (χ4v) is 3.45. The van der Waals surface area contributed by atoms with Crippen molar-refractivity contribution in [2.75, 3.05) is 11.9 Å². The van der Waals surface area contributed by atoms with Gasteiger partial charge in [0.25, 0.3) is 5.91 Å². The first kappa shape index (κ1) is 18.6. The number of nitrogens with one attached hydrogen (secondary N) is 3. The minimum Gasteiger partial charge on any atom is -0.482 e. The van der Waals surface area contributed by atoms with Crippen LogP contribution in [0.4, 0.5) is 10.1 Å². The summed E-state index contributed by atoms with van der Waals surface area (Å²) in [7, 11) is 0. The van der Waals surface area contributed by atoms with Gasteiger partial charge in [-0.25, -0.2) is 9.38 Å². The Morgan fingerprint density at radius 3 is 2.78 bits per heavy atom. The molecule has 138 valence electrons. The Morgan fingerprint density at radius 2 is 2.07 bits per heavy atom. The topological polar surface area (TPSA) is 124 Å². The van der Waals surface area contributed by atoms with Crippen LogP contribution < -0.4 is 15.8 Å². The standard InChI is InChI=1S/C18H16FN5O2S/c19-12-4-1-10(2-5-12)17(27-18(22)23-9-20)16(21)11-3-6-14-13(7-11)24-15(25)8-26-14/h1-7,9,17,21H,8H2,(H,24,25)(H3,20,22,23). The highest BCUT2D eigenvalue weighted by Crippen LogP contribution is 2.35. The molecule has 1 aliphatic rings. The van der Waals surface area contributed by atoms with Crippen LogP contribution in [0.25, 0.3) is 0 Å². The Labute approximate surface area is 158 Å². The number of rotatable bonds is 5. The average Bonchev–Trinajstić information content (AvgIpc) is 2.66. The van der Waals surface area contributed by atoms with Crippen LogP contribution in [0.3, 0.4) is 0 Å². The number of hydrogen-bond acceptors (Lipinski definition) is 5. The summed E-state index contributed by atoms with van der Waals surface area (Å²) in [5, 5.41) is 17.9. The molecule has 0 bridgehead atoms. The van der Waals surface area contributed by atoms with Gasteiger partial charge in [0.2, 0.25) is 0 Å². The van der Waals surface area contributed by atoms with E-state index < -0.39 is 5.25 Å². The van der Waals surface area contributed by atoms with E-state index in [9.17, 15) is 9.18 Å². The van der Waals surface area contributed by atoms with Gasteiger partial charge in [0.1, 0.15) is 17.9 Å². The minimum atomic E-state index is -0.576. The molecule has 0 saturated heterocycles. The maximum absolute atomic E-state index is 13.3. The van der Waals surface area contributed by atoms with Crippen molar-refractivity contribution in [3.05, 3.63) is 59.4 Å². The summed E-state index contributed by atoms with van der Waals surface area (Å²) in [5.74, 6) is -0.121. The summed E-state index contributed by atoms with van der Waals surface area (Å²) < 4.78 is 18.6. The van der Waals surface area contributed by atoms with Crippen molar-refractivity contribution in [2.45, 2.75) is 5.25 Å². The molecule has 0 fully saturated rings. The lowest BCUT2D eigenvalue weighted by Gasteiger charge is -2.21. The van der Waals surface area contributed by atoms with Crippen molar-refractivity contribution in [2.24, 2.45) is 10.7 Å². The van der Waals surface area contributed by atoms with Crippen LogP contribution in [0.15, 0.2) is 47.5 Å². The van der Waals surface area contributed by atoms with E-state index in [1.807, 2.05) is 0 Å². The molecular weight excluding hydrogens is 369 g/mol. The summed E-state index contributed by atoms with van der Waals surface area (Å²) in [5.41, 5.74) is 7.69. The van der Waals surface area contributed by atoms with Gasteiger partial charge in [-0.15, -0.1) is 0 Å². The number of fused-ring (bicyclic) bond motifs is 1. The number of nitrogens with zero attached hydrogens (tertiary/aromatic N) is 1. The number of aliphatic imine (C=N–C) groups is 1. The van der Waals surface area contributed by atoms with Crippen molar-refractivity contribution in [1.29, 1.82) is 10.8 Å². The highest BCUT2D eigenvalue weighted by Gasteiger charge is 2.23. The molecule has 0 spiro atoms. The molecule has 0 aliphatic carbocycles. The molecule has 0 radical (unpaired) electrons. The number of nitrogens with two attached hydrogens (primary N) is 1. The highest BCUT2D eigenvalue weighted by atomic mass is 32.2. The molecule has 1 unspecified atom stereocenters. The zero-order chi connectivity index (χ0) is 19.4. The van der Waals surface area contributed by atoms with E-state index >= 15 is 0 Å². The maximum atomic E-state index is 13.3. The molecule has 1 atom stereocenters. The number of benzene rings is 2. The largest absolute Gasteiger partial charge is 0.482 e. The second kappa shape index (κ2) is 8.00. The van der Waals surface area contributed by atoms with E-state index in [0.717, 1.165) is 18.1 Å². The normalized spacial score (nSPS) is 14.6. The molecule has 2 aromatic carbocycles. The first-order valence-electron chi connectivity index (χ1n) is 7.88. The van der Waals surface area contributed by atoms with Crippen LogP contribution in [-0.2, 0) is 4.79 Å². The molecule has 27 heavy (non-hydrogen) atoms. The third-order valence-electron chi connectivity index (χ3n) is 3.79. The summed E-state index contributed by atoms with van der Waals surface area (Å²) in [6.45, 7) is -0.0472. The molecule has 1 heterocycles. The predicted octanol–water partition coefficient (Wildman–Crippen LogP) is 2.92. The van der Waals surface area contributed by atoms with Gasteiger partial charge in [0.05, 0.1) is 16.6 Å². The lowest BCUT2D eigenvalue weighted by molar-refractivity contribution is -0.118. The first-order valence-corrected chi connectivity index (χ1v) is 8.75. The summed E-state index contributed by atoms with van der Waals surface area (Å²) in [6, 6.07) is 10.8. The van der Waals surface area contributed by atoms with Gasteiger partial charge >= 0.3 is 0 Å². The van der Waals surface area contributed by atoms with Crippen LogP contribution >= 0.6 is 11.8 Å². The molecule has 5 N–H and O–H groups in total. The molecule has 7 nitrogen and oxygen atoms in total. The lowest BCUT2D eigenvalue weighted by Crippen LogP contribution is -2.25. The number of amides is 1. The fraction of sp³-hybridized carbons (Fsp3) is 0.111. The number of carbonyl (C=O) groups excluding carboxylic acids is 1. The molecule has 9 heteroatoms. The van der Waals surface area contributed by atoms with Crippen LogP contribution in [0.5, 0.6) is 5.75 Å². The quantitative estimate of drug-likeness (QED) is 0.466. The number of carbonyl (C=O) groups is 1. The van der Waals surface area contributed by atoms with Gasteiger partial charge < -0.3 is 21.2 Å². The van der Waals surface area contributed by atoms with Crippen LogP contribution in [0.1, 0.15) is 16.4 Å². The third-order valence-corrected chi connectivity index (χ3v) is 4.88. The van der Waals surface area contributed by atoms with Crippen molar-refractivity contribution in [1.82, 2.24) is 0 Å². The van der Waals surface area contributed by atoms with Gasteiger partial charge in [-0.1, -0.05) is 23.9 Å². The predicted molar refractivity (Wildman–Crippen MR) is 105 cm³/mol. The van der Waals surface area contributed by atoms with E-state index in [2.05, 4.69) is 10.3 Å². The number of anilines is 1. The van der Waals surface area contributed by atoms with E-state index in [1.54, 1.807) is 30.3 Å². The summed E-state index contributed by atoms with van der Waals surface area (Å²) >= 11 is 1.08. The van der Waals surface area contributed by atoms with Gasteiger partial charge in [-0.2, -0.15) is 0 Å². The van der Waals surface area contributed by atoms with Crippen LogP contribution in [0, 0.1) is 16.6 Å². The number of amidine groups is 1. The summed E-state index contributed by atoms with van der Waals surface area (Å²) in [4.78, 5) is 15.2. The van der Waals surface area contributed by atoms with Crippen LogP contribution in [-0.4, -0.2) is 29.7 Å². The van der Waals surface area contributed by atoms with E-state index in [4.69, 9.17) is 21.3 Å². The number of thioether (sulfide) groups is 1. The monoisotopic (exact) mass is 385 g/mol. The Morgan fingerprint density at radius 1 is 1.33 bits per heavy atom. The second-order valence-corrected chi connectivity index (χ2v) is 6.73. The fourth-order valence-electron chi connectivity index (χ4n) is 2.55. The van der Waals surface area contributed by atoms with Gasteiger partial charge in [-0.05, 0) is 41.5 Å². The number of ether oxygens (including phenoxy) is 1. The van der Waals surface area contributed by atoms with E-state index in [-0.39, 0.29) is 29.2 Å². The molecule has 0 aromatic heterocycles. The number of halogens is 1. The Kier molecular flexibility index (Phi) is 5.51. The maximum Gasteiger partial charge on any atom is 0.262 e. The molecule has 3 rings (SSSR count). The van der Waals surface area contributed by atoms with Crippen molar-refractivity contribution < 1.29 is 13.9 Å². The van der Waals surface area contributed by atoms with Gasteiger partial charge in [0, 0.05) is 0 Å². The zero-order valence-corrected chi connectivity index (χ0v) is 14.8. The smallest absolute Gasteiger partial charge is 0.262 e.